The maximum absolute atomic E-state index is 12.8. The summed E-state index contributed by atoms with van der Waals surface area (Å²) in [5.41, 5.74) is 1.22. The molecule has 29 heavy (non-hydrogen) atoms. The zero-order valence-electron chi connectivity index (χ0n) is 15.4. The van der Waals surface area contributed by atoms with E-state index < -0.39 is 0 Å². The van der Waals surface area contributed by atoms with Gasteiger partial charge in [0, 0.05) is 5.02 Å². The van der Waals surface area contributed by atoms with E-state index in [0.717, 1.165) is 11.5 Å². The quantitative estimate of drug-likeness (QED) is 0.475. The van der Waals surface area contributed by atoms with Gasteiger partial charge in [0.1, 0.15) is 24.2 Å². The second-order valence-electron chi connectivity index (χ2n) is 6.35. The van der Waals surface area contributed by atoms with Crippen LogP contribution in [0.25, 0.3) is 5.69 Å². The first-order valence-electron chi connectivity index (χ1n) is 8.89. The molecule has 3 heterocycles. The zero-order chi connectivity index (χ0) is 20.1. The third kappa shape index (κ3) is 4.92. The molecule has 0 saturated carbocycles. The van der Waals surface area contributed by atoms with E-state index in [-0.39, 0.29) is 12.5 Å². The van der Waals surface area contributed by atoms with Crippen LogP contribution in [0.2, 0.25) is 5.02 Å². The Bertz CT molecular complexity index is 1010. The minimum absolute atomic E-state index is 0.130. The van der Waals surface area contributed by atoms with Crippen LogP contribution in [-0.2, 0) is 17.9 Å². The fourth-order valence-corrected chi connectivity index (χ4v) is 3.12. The topological polar surface area (TPSA) is 89.3 Å². The van der Waals surface area contributed by atoms with Crippen molar-refractivity contribution in [1.82, 2.24) is 19.7 Å². The summed E-state index contributed by atoms with van der Waals surface area (Å²) in [7, 11) is 0. The van der Waals surface area contributed by atoms with Gasteiger partial charge in [-0.05, 0) is 42.5 Å². The third-order valence-electron chi connectivity index (χ3n) is 4.18. The minimum Gasteiger partial charge on any atom is -0.468 e. The van der Waals surface area contributed by atoms with Gasteiger partial charge < -0.3 is 14.2 Å². The number of furan rings is 2. The van der Waals surface area contributed by atoms with Crippen LogP contribution < -0.4 is 5.32 Å². The summed E-state index contributed by atoms with van der Waals surface area (Å²) in [6.45, 7) is 1.06. The molecule has 1 aromatic carbocycles. The zero-order valence-corrected chi connectivity index (χ0v) is 16.1. The van der Waals surface area contributed by atoms with E-state index in [9.17, 15) is 4.79 Å². The first-order chi connectivity index (χ1) is 14.2. The molecule has 8 nitrogen and oxygen atoms in total. The van der Waals surface area contributed by atoms with Crippen molar-refractivity contribution >= 4 is 23.2 Å². The average Bonchev–Trinajstić information content (AvgIpc) is 3.45. The number of carbonyl (C=O) groups is 1. The fourth-order valence-electron chi connectivity index (χ4n) is 2.95. The van der Waals surface area contributed by atoms with Gasteiger partial charge in [-0.1, -0.05) is 11.6 Å². The highest BCUT2D eigenvalue weighted by molar-refractivity contribution is 6.31. The van der Waals surface area contributed by atoms with E-state index in [4.69, 9.17) is 20.4 Å². The lowest BCUT2D eigenvalue weighted by Gasteiger charge is -2.20. The lowest BCUT2D eigenvalue weighted by Crippen LogP contribution is -2.32. The molecule has 4 rings (SSSR count). The molecule has 4 aromatic rings. The molecule has 1 N–H and O–H groups in total. The molecule has 0 unspecified atom stereocenters. The highest BCUT2D eigenvalue weighted by Gasteiger charge is 2.17. The maximum atomic E-state index is 12.8. The molecule has 0 spiro atoms. The van der Waals surface area contributed by atoms with Crippen molar-refractivity contribution in [2.24, 2.45) is 0 Å². The standard InChI is InChI=1S/C20H18ClN5O3/c21-15-5-6-19(26-14-22-13-23-26)18(9-15)24-20(27)12-25(10-16-3-1-7-28-16)11-17-4-2-8-29-17/h1-9,13-14H,10-12H2,(H,24,27). The van der Waals surface area contributed by atoms with Crippen molar-refractivity contribution in [3.63, 3.8) is 0 Å². The number of nitrogens with zero attached hydrogens (tertiary/aromatic N) is 4. The molecule has 0 saturated heterocycles. The molecule has 3 aromatic heterocycles. The summed E-state index contributed by atoms with van der Waals surface area (Å²) in [6, 6.07) is 12.6. The summed E-state index contributed by atoms with van der Waals surface area (Å²) in [6.07, 6.45) is 6.20. The number of aromatic nitrogens is 3. The van der Waals surface area contributed by atoms with Gasteiger partial charge in [-0.3, -0.25) is 9.69 Å². The van der Waals surface area contributed by atoms with Gasteiger partial charge in [0.15, 0.2) is 0 Å². The molecule has 0 atom stereocenters. The van der Waals surface area contributed by atoms with E-state index in [1.165, 1.54) is 6.33 Å². The first kappa shape index (κ1) is 19.0. The summed E-state index contributed by atoms with van der Waals surface area (Å²) in [4.78, 5) is 18.7. The Balaban J connectivity index is 1.50. The van der Waals surface area contributed by atoms with E-state index >= 15 is 0 Å². The van der Waals surface area contributed by atoms with Gasteiger partial charge in [-0.15, -0.1) is 0 Å². The lowest BCUT2D eigenvalue weighted by molar-refractivity contribution is -0.117. The SMILES string of the molecule is O=C(CN(Cc1ccco1)Cc1ccco1)Nc1cc(Cl)ccc1-n1cncn1. The predicted molar refractivity (Wildman–Crippen MR) is 107 cm³/mol. The minimum atomic E-state index is -0.202. The molecular formula is C20H18ClN5O3. The van der Waals surface area contributed by atoms with Gasteiger partial charge in [0.25, 0.3) is 0 Å². The first-order valence-corrected chi connectivity index (χ1v) is 9.27. The Hall–Kier alpha value is -3.36. The largest absolute Gasteiger partial charge is 0.468 e. The number of hydrogen-bond donors (Lipinski definition) is 1. The summed E-state index contributed by atoms with van der Waals surface area (Å²) < 4.78 is 12.4. The van der Waals surface area contributed by atoms with Crippen LogP contribution >= 0.6 is 11.6 Å². The van der Waals surface area contributed by atoms with E-state index in [1.807, 2.05) is 29.2 Å². The Morgan fingerprint density at radius 1 is 1.10 bits per heavy atom. The molecule has 0 bridgehead atoms. The molecule has 148 valence electrons. The van der Waals surface area contributed by atoms with Gasteiger partial charge in [0.2, 0.25) is 5.91 Å². The summed E-state index contributed by atoms with van der Waals surface area (Å²) >= 11 is 6.13. The monoisotopic (exact) mass is 411 g/mol. The summed E-state index contributed by atoms with van der Waals surface area (Å²) in [5.74, 6) is 1.32. The van der Waals surface area contributed by atoms with Crippen molar-refractivity contribution < 1.29 is 13.6 Å². The third-order valence-corrected chi connectivity index (χ3v) is 4.42. The van der Waals surface area contributed by atoms with Crippen LogP contribution in [0, 0.1) is 0 Å². The van der Waals surface area contributed by atoms with Crippen LogP contribution in [0.15, 0.2) is 76.5 Å². The predicted octanol–water partition coefficient (Wildman–Crippen LogP) is 3.75. The highest BCUT2D eigenvalue weighted by atomic mass is 35.5. The number of hydrogen-bond acceptors (Lipinski definition) is 6. The van der Waals surface area contributed by atoms with Crippen LogP contribution in [0.3, 0.4) is 0 Å². The van der Waals surface area contributed by atoms with Gasteiger partial charge in [-0.2, -0.15) is 5.10 Å². The molecule has 0 aliphatic carbocycles. The number of halogens is 1. The number of rotatable bonds is 8. The molecule has 0 aliphatic heterocycles. The van der Waals surface area contributed by atoms with Crippen LogP contribution in [0.4, 0.5) is 5.69 Å². The van der Waals surface area contributed by atoms with Crippen molar-refractivity contribution in [3.8, 4) is 5.69 Å². The number of anilines is 1. The van der Waals surface area contributed by atoms with Gasteiger partial charge >= 0.3 is 0 Å². The van der Waals surface area contributed by atoms with Crippen LogP contribution in [0.5, 0.6) is 0 Å². The molecule has 0 aliphatic rings. The van der Waals surface area contributed by atoms with Crippen LogP contribution in [-0.4, -0.2) is 32.1 Å². The van der Waals surface area contributed by atoms with Crippen LogP contribution in [0.1, 0.15) is 11.5 Å². The maximum Gasteiger partial charge on any atom is 0.238 e. The van der Waals surface area contributed by atoms with Gasteiger partial charge in [0.05, 0.1) is 43.5 Å². The highest BCUT2D eigenvalue weighted by Crippen LogP contribution is 2.24. The molecular weight excluding hydrogens is 394 g/mol. The molecule has 1 amide bonds. The number of nitrogens with one attached hydrogen (secondary N) is 1. The van der Waals surface area contributed by atoms with Crippen molar-refractivity contribution in [2.75, 3.05) is 11.9 Å². The number of carbonyl (C=O) groups excluding carboxylic acids is 1. The van der Waals surface area contributed by atoms with Crippen molar-refractivity contribution in [3.05, 3.63) is 84.2 Å². The summed E-state index contributed by atoms with van der Waals surface area (Å²) in [5, 5.41) is 7.54. The molecule has 9 heteroatoms. The lowest BCUT2D eigenvalue weighted by atomic mass is 10.2. The smallest absolute Gasteiger partial charge is 0.238 e. The second kappa shape index (κ2) is 8.76. The average molecular weight is 412 g/mol. The fraction of sp³-hybridized carbons (Fsp3) is 0.150. The molecule has 0 radical (unpaired) electrons. The number of benzene rings is 1. The Labute approximate surface area is 171 Å². The molecule has 0 fully saturated rings. The van der Waals surface area contributed by atoms with Crippen molar-refractivity contribution in [1.29, 1.82) is 0 Å². The Morgan fingerprint density at radius 2 is 1.83 bits per heavy atom. The van der Waals surface area contributed by atoms with E-state index in [1.54, 1.807) is 41.7 Å². The second-order valence-corrected chi connectivity index (χ2v) is 6.79. The van der Waals surface area contributed by atoms with Gasteiger partial charge in [-0.25, -0.2) is 9.67 Å². The Morgan fingerprint density at radius 3 is 2.41 bits per heavy atom. The Kier molecular flexibility index (Phi) is 5.73. The normalized spacial score (nSPS) is 11.1. The van der Waals surface area contributed by atoms with E-state index in [0.29, 0.717) is 29.5 Å². The van der Waals surface area contributed by atoms with E-state index in [2.05, 4.69) is 15.4 Å². The van der Waals surface area contributed by atoms with Crippen molar-refractivity contribution in [2.45, 2.75) is 13.1 Å². The number of amides is 1.